The number of hydrogen-bond acceptors (Lipinski definition) is 5. The summed E-state index contributed by atoms with van der Waals surface area (Å²) in [6.45, 7) is 1.50. The molecule has 6 nitrogen and oxygen atoms in total. The SMILES string of the molecule is COCCCn1ccnc1Nc1ccc(S(C)(=O)=O)cc1. The number of anilines is 2. The van der Waals surface area contributed by atoms with Crippen molar-refractivity contribution in [2.24, 2.45) is 0 Å². The van der Waals surface area contributed by atoms with E-state index < -0.39 is 9.84 Å². The third-order valence-electron chi connectivity index (χ3n) is 3.00. The Balaban J connectivity index is 2.07. The van der Waals surface area contributed by atoms with Crippen LogP contribution >= 0.6 is 0 Å². The first-order valence-corrected chi connectivity index (χ1v) is 8.47. The van der Waals surface area contributed by atoms with E-state index in [1.807, 2.05) is 10.8 Å². The highest BCUT2D eigenvalue weighted by Gasteiger charge is 2.07. The maximum Gasteiger partial charge on any atom is 0.207 e. The van der Waals surface area contributed by atoms with Crippen LogP contribution in [0.4, 0.5) is 11.6 Å². The van der Waals surface area contributed by atoms with Crippen LogP contribution in [0.2, 0.25) is 0 Å². The van der Waals surface area contributed by atoms with Crippen LogP contribution in [0.15, 0.2) is 41.6 Å². The molecule has 1 heterocycles. The van der Waals surface area contributed by atoms with Gasteiger partial charge in [0.2, 0.25) is 5.95 Å². The van der Waals surface area contributed by atoms with Gasteiger partial charge in [-0.25, -0.2) is 13.4 Å². The van der Waals surface area contributed by atoms with E-state index in [2.05, 4.69) is 10.3 Å². The number of sulfone groups is 1. The van der Waals surface area contributed by atoms with Crippen molar-refractivity contribution in [3.63, 3.8) is 0 Å². The standard InChI is InChI=1S/C14H19N3O3S/c1-20-11-3-9-17-10-8-15-14(17)16-12-4-6-13(7-5-12)21(2,18)19/h4-8,10H,3,9,11H2,1-2H3,(H,15,16). The number of aryl methyl sites for hydroxylation is 1. The Morgan fingerprint density at radius 1 is 1.29 bits per heavy atom. The van der Waals surface area contributed by atoms with E-state index >= 15 is 0 Å². The van der Waals surface area contributed by atoms with Crippen LogP contribution in [-0.4, -0.2) is 37.9 Å². The van der Waals surface area contributed by atoms with Crippen molar-refractivity contribution in [1.29, 1.82) is 0 Å². The minimum atomic E-state index is -3.17. The number of methoxy groups -OCH3 is 1. The van der Waals surface area contributed by atoms with Crippen LogP contribution in [0.3, 0.4) is 0 Å². The average Bonchev–Trinajstić information content (AvgIpc) is 2.86. The molecule has 21 heavy (non-hydrogen) atoms. The van der Waals surface area contributed by atoms with Gasteiger partial charge >= 0.3 is 0 Å². The molecule has 0 fully saturated rings. The number of ether oxygens (including phenoxy) is 1. The van der Waals surface area contributed by atoms with Gasteiger partial charge in [-0.15, -0.1) is 0 Å². The number of imidazole rings is 1. The van der Waals surface area contributed by atoms with Gasteiger partial charge in [0.25, 0.3) is 0 Å². The number of rotatable bonds is 7. The molecule has 0 bridgehead atoms. The quantitative estimate of drug-likeness (QED) is 0.793. The minimum absolute atomic E-state index is 0.302. The second kappa shape index (κ2) is 6.73. The monoisotopic (exact) mass is 309 g/mol. The predicted molar refractivity (Wildman–Crippen MR) is 81.6 cm³/mol. The maximum absolute atomic E-state index is 11.4. The number of nitrogens with one attached hydrogen (secondary N) is 1. The third-order valence-corrected chi connectivity index (χ3v) is 4.13. The van der Waals surface area contributed by atoms with E-state index in [1.165, 1.54) is 6.26 Å². The molecule has 114 valence electrons. The van der Waals surface area contributed by atoms with Crippen LogP contribution < -0.4 is 5.32 Å². The fourth-order valence-electron chi connectivity index (χ4n) is 1.91. The summed E-state index contributed by atoms with van der Waals surface area (Å²) in [5, 5.41) is 3.17. The first kappa shape index (κ1) is 15.5. The van der Waals surface area contributed by atoms with Crippen molar-refractivity contribution in [3.8, 4) is 0 Å². The largest absolute Gasteiger partial charge is 0.385 e. The summed E-state index contributed by atoms with van der Waals surface area (Å²) in [7, 11) is -1.49. The molecule has 1 aromatic heterocycles. The van der Waals surface area contributed by atoms with Crippen LogP contribution in [0.1, 0.15) is 6.42 Å². The normalized spacial score (nSPS) is 11.5. The molecule has 0 aliphatic rings. The van der Waals surface area contributed by atoms with Gasteiger partial charge in [0, 0.05) is 44.6 Å². The van der Waals surface area contributed by atoms with Crippen molar-refractivity contribution in [2.45, 2.75) is 17.9 Å². The molecule has 0 unspecified atom stereocenters. The summed E-state index contributed by atoms with van der Waals surface area (Å²) in [6, 6.07) is 6.61. The molecular formula is C14H19N3O3S. The summed E-state index contributed by atoms with van der Waals surface area (Å²) < 4.78 is 29.8. The molecule has 0 saturated carbocycles. The fraction of sp³-hybridized carbons (Fsp3) is 0.357. The summed E-state index contributed by atoms with van der Waals surface area (Å²) in [4.78, 5) is 4.56. The van der Waals surface area contributed by atoms with Crippen LogP contribution in [0.5, 0.6) is 0 Å². The molecule has 0 amide bonds. The molecule has 0 aliphatic carbocycles. The molecule has 2 aromatic rings. The zero-order chi connectivity index (χ0) is 15.3. The van der Waals surface area contributed by atoms with E-state index in [0.717, 1.165) is 24.6 Å². The fourth-order valence-corrected chi connectivity index (χ4v) is 2.54. The highest BCUT2D eigenvalue weighted by atomic mass is 32.2. The summed E-state index contributed by atoms with van der Waals surface area (Å²) in [5.74, 6) is 0.721. The Hall–Kier alpha value is -1.86. The predicted octanol–water partition coefficient (Wildman–Crippen LogP) is 2.07. The van der Waals surface area contributed by atoms with Crippen molar-refractivity contribution >= 4 is 21.5 Å². The maximum atomic E-state index is 11.4. The van der Waals surface area contributed by atoms with Gasteiger partial charge < -0.3 is 14.6 Å². The van der Waals surface area contributed by atoms with Gasteiger partial charge in [-0.2, -0.15) is 0 Å². The van der Waals surface area contributed by atoms with E-state index in [9.17, 15) is 8.42 Å². The lowest BCUT2D eigenvalue weighted by molar-refractivity contribution is 0.190. The molecule has 0 radical (unpaired) electrons. The zero-order valence-electron chi connectivity index (χ0n) is 12.1. The molecule has 2 rings (SSSR count). The van der Waals surface area contributed by atoms with Gasteiger partial charge in [0.1, 0.15) is 0 Å². The van der Waals surface area contributed by atoms with Crippen LogP contribution in [0.25, 0.3) is 0 Å². The van der Waals surface area contributed by atoms with Crippen molar-refractivity contribution < 1.29 is 13.2 Å². The number of nitrogens with zero attached hydrogens (tertiary/aromatic N) is 2. The second-order valence-electron chi connectivity index (χ2n) is 4.71. The summed E-state index contributed by atoms with van der Waals surface area (Å²) >= 11 is 0. The highest BCUT2D eigenvalue weighted by Crippen LogP contribution is 2.18. The zero-order valence-corrected chi connectivity index (χ0v) is 12.9. The highest BCUT2D eigenvalue weighted by molar-refractivity contribution is 7.90. The van der Waals surface area contributed by atoms with E-state index in [-0.39, 0.29) is 0 Å². The Morgan fingerprint density at radius 3 is 2.62 bits per heavy atom. The Bertz CT molecular complexity index is 678. The lowest BCUT2D eigenvalue weighted by Crippen LogP contribution is -2.05. The number of hydrogen-bond donors (Lipinski definition) is 1. The topological polar surface area (TPSA) is 73.2 Å². The second-order valence-corrected chi connectivity index (χ2v) is 6.73. The number of benzene rings is 1. The summed E-state index contributed by atoms with van der Waals surface area (Å²) in [5.41, 5.74) is 0.793. The molecule has 0 spiro atoms. The average molecular weight is 309 g/mol. The molecule has 1 N–H and O–H groups in total. The molecule has 1 aromatic carbocycles. The van der Waals surface area contributed by atoms with E-state index in [1.54, 1.807) is 37.6 Å². The Morgan fingerprint density at radius 2 is 2.00 bits per heavy atom. The van der Waals surface area contributed by atoms with E-state index in [4.69, 9.17) is 4.74 Å². The van der Waals surface area contributed by atoms with Gasteiger partial charge in [0.05, 0.1) is 4.90 Å². The molecule has 0 aliphatic heterocycles. The van der Waals surface area contributed by atoms with Crippen LogP contribution in [0, 0.1) is 0 Å². The van der Waals surface area contributed by atoms with Gasteiger partial charge in [-0.1, -0.05) is 0 Å². The van der Waals surface area contributed by atoms with Gasteiger partial charge in [-0.3, -0.25) is 0 Å². The van der Waals surface area contributed by atoms with Crippen molar-refractivity contribution in [1.82, 2.24) is 9.55 Å². The summed E-state index contributed by atoms with van der Waals surface area (Å²) in [6.07, 6.45) is 5.70. The van der Waals surface area contributed by atoms with Gasteiger partial charge in [0.15, 0.2) is 9.84 Å². The Labute approximate surface area is 124 Å². The third kappa shape index (κ3) is 4.30. The first-order valence-electron chi connectivity index (χ1n) is 6.58. The van der Waals surface area contributed by atoms with Crippen molar-refractivity contribution in [2.75, 3.05) is 25.3 Å². The smallest absolute Gasteiger partial charge is 0.207 e. The minimum Gasteiger partial charge on any atom is -0.385 e. The Kier molecular flexibility index (Phi) is 4.98. The van der Waals surface area contributed by atoms with Gasteiger partial charge in [-0.05, 0) is 30.7 Å². The molecule has 0 atom stereocenters. The molecular weight excluding hydrogens is 290 g/mol. The number of aromatic nitrogens is 2. The lowest BCUT2D eigenvalue weighted by Gasteiger charge is -2.10. The van der Waals surface area contributed by atoms with Crippen molar-refractivity contribution in [3.05, 3.63) is 36.7 Å². The molecule has 0 saturated heterocycles. The van der Waals surface area contributed by atoms with E-state index in [0.29, 0.717) is 11.5 Å². The van der Waals surface area contributed by atoms with Crippen LogP contribution in [-0.2, 0) is 21.1 Å². The lowest BCUT2D eigenvalue weighted by atomic mass is 10.3. The molecule has 7 heteroatoms. The first-order chi connectivity index (χ1) is 10.0.